The van der Waals surface area contributed by atoms with Crippen LogP contribution >= 0.6 is 0 Å². The summed E-state index contributed by atoms with van der Waals surface area (Å²) in [7, 11) is 0. The van der Waals surface area contributed by atoms with Gasteiger partial charge in [0.05, 0.1) is 6.61 Å². The average molecular weight is 275 g/mol. The maximum Gasteiger partial charge on any atom is 0.339 e. The van der Waals surface area contributed by atoms with Gasteiger partial charge in [0.25, 0.3) is 0 Å². The fraction of sp³-hybridized carbons (Fsp3) is 0.562. The van der Waals surface area contributed by atoms with Crippen LogP contribution in [-0.4, -0.2) is 47.8 Å². The molecule has 3 fully saturated rings. The van der Waals surface area contributed by atoms with E-state index in [2.05, 4.69) is 4.90 Å². The molecule has 1 N–H and O–H groups in total. The molecule has 0 spiro atoms. The van der Waals surface area contributed by atoms with Gasteiger partial charge in [-0.05, 0) is 31.5 Å². The molecular formula is C16H21NO3. The summed E-state index contributed by atoms with van der Waals surface area (Å²) in [5, 5.41) is 10.6. The Hall–Kier alpha value is -1.39. The summed E-state index contributed by atoms with van der Waals surface area (Å²) in [5.74, 6) is -0.375. The van der Waals surface area contributed by atoms with E-state index in [-0.39, 0.29) is 5.92 Å². The molecule has 1 atom stereocenters. The summed E-state index contributed by atoms with van der Waals surface area (Å²) in [5.41, 5.74) is -0.145. The Morgan fingerprint density at radius 3 is 2.60 bits per heavy atom. The first-order valence-electron chi connectivity index (χ1n) is 7.34. The van der Waals surface area contributed by atoms with Gasteiger partial charge >= 0.3 is 5.97 Å². The Labute approximate surface area is 119 Å². The minimum absolute atomic E-state index is 0.0664. The van der Waals surface area contributed by atoms with Crippen molar-refractivity contribution in [2.45, 2.75) is 24.9 Å². The van der Waals surface area contributed by atoms with Crippen LogP contribution in [0.5, 0.6) is 0 Å². The van der Waals surface area contributed by atoms with Gasteiger partial charge in [0.2, 0.25) is 0 Å². The summed E-state index contributed by atoms with van der Waals surface area (Å²) >= 11 is 0. The molecular weight excluding hydrogens is 254 g/mol. The molecule has 3 aliphatic heterocycles. The maximum atomic E-state index is 12.2. The summed E-state index contributed by atoms with van der Waals surface area (Å²) in [6, 6.07) is 9.93. The van der Waals surface area contributed by atoms with E-state index in [0.717, 1.165) is 31.5 Å². The lowest BCUT2D eigenvalue weighted by molar-refractivity contribution is -0.186. The van der Waals surface area contributed by atoms with Crippen molar-refractivity contribution in [3.63, 3.8) is 0 Å². The summed E-state index contributed by atoms with van der Waals surface area (Å²) in [6.07, 6.45) is 2.48. The zero-order valence-electron chi connectivity index (χ0n) is 11.6. The lowest BCUT2D eigenvalue weighted by Gasteiger charge is -2.48. The largest absolute Gasteiger partial charge is 0.463 e. The number of rotatable bonds is 4. The van der Waals surface area contributed by atoms with Gasteiger partial charge in [0, 0.05) is 18.9 Å². The summed E-state index contributed by atoms with van der Waals surface area (Å²) in [4.78, 5) is 14.4. The molecule has 0 radical (unpaired) electrons. The van der Waals surface area contributed by atoms with Gasteiger partial charge in [-0.3, -0.25) is 4.90 Å². The number of piperidine rings is 3. The molecule has 0 aliphatic carbocycles. The summed E-state index contributed by atoms with van der Waals surface area (Å²) < 4.78 is 5.33. The smallest absolute Gasteiger partial charge is 0.339 e. The highest BCUT2D eigenvalue weighted by atomic mass is 16.5. The minimum atomic E-state index is -1.28. The van der Waals surface area contributed by atoms with Crippen molar-refractivity contribution in [1.29, 1.82) is 0 Å². The van der Waals surface area contributed by atoms with E-state index in [4.69, 9.17) is 4.74 Å². The third-order valence-corrected chi connectivity index (χ3v) is 4.55. The molecule has 4 nitrogen and oxygen atoms in total. The van der Waals surface area contributed by atoms with E-state index in [1.165, 1.54) is 0 Å². The monoisotopic (exact) mass is 275 g/mol. The minimum Gasteiger partial charge on any atom is -0.463 e. The predicted octanol–water partition coefficient (Wildman–Crippen LogP) is 1.23. The molecule has 108 valence electrons. The Morgan fingerprint density at radius 2 is 2.00 bits per heavy atom. The van der Waals surface area contributed by atoms with E-state index in [1.54, 1.807) is 0 Å². The van der Waals surface area contributed by atoms with E-state index >= 15 is 0 Å². The van der Waals surface area contributed by atoms with Gasteiger partial charge in [-0.25, -0.2) is 4.79 Å². The number of hydrogen-bond donors (Lipinski definition) is 1. The van der Waals surface area contributed by atoms with Crippen molar-refractivity contribution in [2.75, 3.05) is 26.2 Å². The Kier molecular flexibility index (Phi) is 3.76. The second-order valence-corrected chi connectivity index (χ2v) is 5.85. The quantitative estimate of drug-likeness (QED) is 0.840. The van der Waals surface area contributed by atoms with Crippen LogP contribution < -0.4 is 0 Å². The molecule has 4 rings (SSSR count). The van der Waals surface area contributed by atoms with Crippen LogP contribution in [0.2, 0.25) is 0 Å². The zero-order chi connectivity index (χ0) is 14.0. The Bertz CT molecular complexity index is 468. The first kappa shape index (κ1) is 13.6. The number of esters is 1. The molecule has 1 unspecified atom stereocenters. The fourth-order valence-electron chi connectivity index (χ4n) is 3.30. The van der Waals surface area contributed by atoms with Crippen molar-refractivity contribution in [3.05, 3.63) is 35.9 Å². The third kappa shape index (κ3) is 2.58. The fourth-order valence-corrected chi connectivity index (χ4v) is 3.30. The van der Waals surface area contributed by atoms with Gasteiger partial charge in [-0.2, -0.15) is 0 Å². The number of benzene rings is 1. The van der Waals surface area contributed by atoms with Crippen LogP contribution in [0.4, 0.5) is 0 Å². The number of nitrogens with zero attached hydrogens (tertiary/aromatic N) is 1. The van der Waals surface area contributed by atoms with Gasteiger partial charge in [-0.1, -0.05) is 30.3 Å². The van der Waals surface area contributed by atoms with Gasteiger partial charge in [0.1, 0.15) is 0 Å². The SMILES string of the molecule is O=C(OCCc1ccccc1)C1(O)CN2CCC1CC2. The van der Waals surface area contributed by atoms with E-state index < -0.39 is 11.6 Å². The molecule has 3 aliphatic rings. The molecule has 0 amide bonds. The standard InChI is InChI=1S/C16H21NO3/c18-15(20-11-8-13-4-2-1-3-5-13)16(19)12-17-9-6-14(16)7-10-17/h1-5,14,19H,6-12H2. The van der Waals surface area contributed by atoms with Gasteiger partial charge in [-0.15, -0.1) is 0 Å². The topological polar surface area (TPSA) is 49.8 Å². The highest BCUT2D eigenvalue weighted by molar-refractivity contribution is 5.80. The second kappa shape index (κ2) is 5.54. The molecule has 1 aromatic rings. The number of hydrogen-bond acceptors (Lipinski definition) is 4. The number of carbonyl (C=O) groups is 1. The predicted molar refractivity (Wildman–Crippen MR) is 75.2 cm³/mol. The number of carbonyl (C=O) groups excluding carboxylic acids is 1. The van der Waals surface area contributed by atoms with Crippen molar-refractivity contribution >= 4 is 5.97 Å². The molecule has 20 heavy (non-hydrogen) atoms. The number of ether oxygens (including phenoxy) is 1. The van der Waals surface area contributed by atoms with Gasteiger partial charge in [0.15, 0.2) is 5.60 Å². The Balaban J connectivity index is 1.54. The first-order chi connectivity index (χ1) is 9.68. The Morgan fingerprint density at radius 1 is 1.30 bits per heavy atom. The van der Waals surface area contributed by atoms with Crippen LogP contribution in [-0.2, 0) is 16.0 Å². The highest BCUT2D eigenvalue weighted by Gasteiger charge is 2.51. The molecule has 4 heteroatoms. The van der Waals surface area contributed by atoms with E-state index in [1.807, 2.05) is 30.3 Å². The van der Waals surface area contributed by atoms with E-state index in [0.29, 0.717) is 19.6 Å². The molecule has 2 bridgehead atoms. The first-order valence-corrected chi connectivity index (χ1v) is 7.34. The zero-order valence-corrected chi connectivity index (χ0v) is 11.6. The maximum absolute atomic E-state index is 12.2. The van der Waals surface area contributed by atoms with Crippen molar-refractivity contribution in [3.8, 4) is 0 Å². The molecule has 0 aromatic heterocycles. The van der Waals surface area contributed by atoms with Gasteiger partial charge < -0.3 is 9.84 Å². The third-order valence-electron chi connectivity index (χ3n) is 4.55. The van der Waals surface area contributed by atoms with Crippen LogP contribution in [0, 0.1) is 5.92 Å². The highest BCUT2D eigenvalue weighted by Crippen LogP contribution is 2.36. The van der Waals surface area contributed by atoms with Crippen LogP contribution in [0.15, 0.2) is 30.3 Å². The molecule has 3 saturated heterocycles. The second-order valence-electron chi connectivity index (χ2n) is 5.85. The normalized spacial score (nSPS) is 32.0. The average Bonchev–Trinajstić information content (AvgIpc) is 2.49. The molecule has 1 aromatic carbocycles. The lowest BCUT2D eigenvalue weighted by atomic mass is 9.75. The molecule has 3 heterocycles. The number of aliphatic hydroxyl groups is 1. The van der Waals surface area contributed by atoms with Crippen molar-refractivity contribution in [2.24, 2.45) is 5.92 Å². The molecule has 0 saturated carbocycles. The van der Waals surface area contributed by atoms with Crippen LogP contribution in [0.25, 0.3) is 0 Å². The van der Waals surface area contributed by atoms with Crippen LogP contribution in [0.1, 0.15) is 18.4 Å². The van der Waals surface area contributed by atoms with Crippen LogP contribution in [0.3, 0.4) is 0 Å². The van der Waals surface area contributed by atoms with Crippen molar-refractivity contribution < 1.29 is 14.6 Å². The van der Waals surface area contributed by atoms with Crippen molar-refractivity contribution in [1.82, 2.24) is 4.90 Å². The van der Waals surface area contributed by atoms with E-state index in [9.17, 15) is 9.90 Å². The summed E-state index contributed by atoms with van der Waals surface area (Å²) in [6.45, 7) is 2.74. The lowest BCUT2D eigenvalue weighted by Crippen LogP contribution is -2.63. The number of fused-ring (bicyclic) bond motifs is 3.